The van der Waals surface area contributed by atoms with Crippen LogP contribution in [0.2, 0.25) is 10.0 Å². The molecular weight excluding hydrogens is 319 g/mol. The van der Waals surface area contributed by atoms with Gasteiger partial charge in [0, 0.05) is 17.2 Å². The van der Waals surface area contributed by atoms with Crippen LogP contribution < -0.4 is 0 Å². The molecule has 0 N–H and O–H groups in total. The molecule has 1 aromatic rings. The Kier molecular flexibility index (Phi) is 8.19. The lowest BCUT2D eigenvalue weighted by Crippen LogP contribution is -2.04. The molecule has 0 bridgehead atoms. The molecule has 0 aliphatic rings. The van der Waals surface area contributed by atoms with Gasteiger partial charge in [-0.05, 0) is 38.0 Å². The maximum Gasteiger partial charge on any atom is 0.305 e. The van der Waals surface area contributed by atoms with Gasteiger partial charge >= 0.3 is 5.97 Å². The third-order valence-electron chi connectivity index (χ3n) is 2.65. The van der Waals surface area contributed by atoms with Gasteiger partial charge in [0.05, 0.1) is 27.3 Å². The summed E-state index contributed by atoms with van der Waals surface area (Å²) < 4.78 is 16.9. The summed E-state index contributed by atoms with van der Waals surface area (Å²) in [4.78, 5) is 11.7. The molecule has 0 fully saturated rings. The fourth-order valence-electron chi connectivity index (χ4n) is 1.67. The molecule has 0 aliphatic heterocycles. The zero-order chi connectivity index (χ0) is 15.0. The Morgan fingerprint density at radius 3 is 2.70 bits per heavy atom. The van der Waals surface area contributed by atoms with Crippen LogP contribution in [0, 0.1) is 0 Å². The highest BCUT2D eigenvalue weighted by Gasteiger charge is 2.09. The van der Waals surface area contributed by atoms with Gasteiger partial charge in [-0.15, -0.1) is 0 Å². The number of ether oxygens (including phenoxy) is 1. The molecule has 6 heteroatoms. The highest BCUT2D eigenvalue weighted by Crippen LogP contribution is 2.24. The van der Waals surface area contributed by atoms with Crippen LogP contribution >= 0.6 is 23.2 Å². The summed E-state index contributed by atoms with van der Waals surface area (Å²) in [5.74, 6) is 0.342. The van der Waals surface area contributed by atoms with Crippen LogP contribution in [0.25, 0.3) is 0 Å². The van der Waals surface area contributed by atoms with Gasteiger partial charge in [-0.1, -0.05) is 29.6 Å². The molecule has 112 valence electrons. The van der Waals surface area contributed by atoms with E-state index in [0.29, 0.717) is 33.7 Å². The summed E-state index contributed by atoms with van der Waals surface area (Å²) in [6.45, 7) is 2.20. The van der Waals surface area contributed by atoms with Crippen LogP contribution in [0.5, 0.6) is 0 Å². The highest BCUT2D eigenvalue weighted by atomic mass is 35.5. The lowest BCUT2D eigenvalue weighted by atomic mass is 10.2. The molecule has 1 rings (SSSR count). The normalized spacial score (nSPS) is 12.2. The number of hydrogen-bond acceptors (Lipinski definition) is 3. The second-order valence-electron chi connectivity index (χ2n) is 4.24. The standard InChI is InChI=1S/C14H18Cl2O3S/c1-2-19-14(17)6-4-3-5-9-20(18)13-10-11(15)7-8-12(13)16/h7-8,10H,2-6,9H2,1H3. The first kappa shape index (κ1) is 17.5. The van der Waals surface area contributed by atoms with Gasteiger partial charge in [0.2, 0.25) is 0 Å². The van der Waals surface area contributed by atoms with Crippen LogP contribution in [0.3, 0.4) is 0 Å². The van der Waals surface area contributed by atoms with Crippen LogP contribution in [0.1, 0.15) is 32.6 Å². The average Bonchev–Trinajstić information content (AvgIpc) is 2.41. The highest BCUT2D eigenvalue weighted by molar-refractivity contribution is 7.85. The first-order valence-corrected chi connectivity index (χ1v) is 8.61. The number of hydrogen-bond donors (Lipinski definition) is 0. The second-order valence-corrected chi connectivity index (χ2v) is 6.62. The molecule has 1 aromatic carbocycles. The molecule has 0 radical (unpaired) electrons. The van der Waals surface area contributed by atoms with Gasteiger partial charge in [0.15, 0.2) is 0 Å². The van der Waals surface area contributed by atoms with E-state index in [-0.39, 0.29) is 5.97 Å². The molecule has 3 nitrogen and oxygen atoms in total. The van der Waals surface area contributed by atoms with E-state index in [2.05, 4.69) is 0 Å². The number of esters is 1. The van der Waals surface area contributed by atoms with Crippen LogP contribution in [-0.2, 0) is 20.3 Å². The van der Waals surface area contributed by atoms with Crippen molar-refractivity contribution in [2.45, 2.75) is 37.5 Å². The molecule has 0 heterocycles. The van der Waals surface area contributed by atoms with Gasteiger partial charge in [-0.3, -0.25) is 9.00 Å². The van der Waals surface area contributed by atoms with Gasteiger partial charge < -0.3 is 4.74 Å². The number of rotatable bonds is 8. The maximum atomic E-state index is 12.1. The minimum atomic E-state index is -1.16. The second kappa shape index (κ2) is 9.37. The number of carbonyl (C=O) groups is 1. The van der Waals surface area contributed by atoms with Crippen molar-refractivity contribution < 1.29 is 13.7 Å². The van der Waals surface area contributed by atoms with Crippen LogP contribution in [-0.4, -0.2) is 22.5 Å². The van der Waals surface area contributed by atoms with Gasteiger partial charge in [0.1, 0.15) is 0 Å². The first-order chi connectivity index (χ1) is 9.54. The fourth-order valence-corrected chi connectivity index (χ4v) is 3.52. The van der Waals surface area contributed by atoms with Crippen molar-refractivity contribution in [3.63, 3.8) is 0 Å². The monoisotopic (exact) mass is 336 g/mol. The van der Waals surface area contributed by atoms with E-state index in [1.54, 1.807) is 25.1 Å². The Balaban J connectivity index is 2.30. The third-order valence-corrected chi connectivity index (χ3v) is 4.82. The molecule has 0 amide bonds. The van der Waals surface area contributed by atoms with E-state index in [1.807, 2.05) is 0 Å². The number of halogens is 2. The van der Waals surface area contributed by atoms with Crippen molar-refractivity contribution in [2.75, 3.05) is 12.4 Å². The molecule has 1 unspecified atom stereocenters. The average molecular weight is 337 g/mol. The molecule has 20 heavy (non-hydrogen) atoms. The van der Waals surface area contributed by atoms with E-state index < -0.39 is 10.8 Å². The minimum Gasteiger partial charge on any atom is -0.466 e. The van der Waals surface area contributed by atoms with Crippen LogP contribution in [0.15, 0.2) is 23.1 Å². The zero-order valence-corrected chi connectivity index (χ0v) is 13.7. The summed E-state index contributed by atoms with van der Waals surface area (Å²) in [6.07, 6.45) is 2.77. The zero-order valence-electron chi connectivity index (χ0n) is 11.4. The maximum absolute atomic E-state index is 12.1. The SMILES string of the molecule is CCOC(=O)CCCCCS(=O)c1cc(Cl)ccc1Cl. The molecule has 0 saturated carbocycles. The molecule has 0 saturated heterocycles. The molecule has 0 aliphatic carbocycles. The lowest BCUT2D eigenvalue weighted by Gasteiger charge is -2.05. The summed E-state index contributed by atoms with van der Waals surface area (Å²) in [5, 5.41) is 0.999. The van der Waals surface area contributed by atoms with Crippen molar-refractivity contribution in [3.05, 3.63) is 28.2 Å². The quantitative estimate of drug-likeness (QED) is 0.527. The number of carbonyl (C=O) groups excluding carboxylic acids is 1. The Labute approximate surface area is 132 Å². The van der Waals surface area contributed by atoms with E-state index >= 15 is 0 Å². The smallest absolute Gasteiger partial charge is 0.305 e. The summed E-state index contributed by atoms with van der Waals surface area (Å²) in [6, 6.07) is 4.96. The van der Waals surface area contributed by atoms with E-state index in [0.717, 1.165) is 19.3 Å². The van der Waals surface area contributed by atoms with Gasteiger partial charge in [-0.25, -0.2) is 0 Å². The number of benzene rings is 1. The lowest BCUT2D eigenvalue weighted by molar-refractivity contribution is -0.143. The third kappa shape index (κ3) is 6.25. The van der Waals surface area contributed by atoms with E-state index in [4.69, 9.17) is 27.9 Å². The summed E-state index contributed by atoms with van der Waals surface area (Å²) in [5.41, 5.74) is 0. The number of unbranched alkanes of at least 4 members (excludes halogenated alkanes) is 2. The largest absolute Gasteiger partial charge is 0.466 e. The predicted molar refractivity (Wildman–Crippen MR) is 82.8 cm³/mol. The fraction of sp³-hybridized carbons (Fsp3) is 0.500. The van der Waals surface area contributed by atoms with Crippen molar-refractivity contribution in [1.82, 2.24) is 0 Å². The van der Waals surface area contributed by atoms with Gasteiger partial charge in [0.25, 0.3) is 0 Å². The Morgan fingerprint density at radius 2 is 2.00 bits per heavy atom. The van der Waals surface area contributed by atoms with Crippen molar-refractivity contribution in [3.8, 4) is 0 Å². The minimum absolute atomic E-state index is 0.175. The summed E-state index contributed by atoms with van der Waals surface area (Å²) >= 11 is 11.9. The van der Waals surface area contributed by atoms with Crippen molar-refractivity contribution in [2.24, 2.45) is 0 Å². The van der Waals surface area contributed by atoms with Crippen molar-refractivity contribution in [1.29, 1.82) is 0 Å². The van der Waals surface area contributed by atoms with Crippen molar-refractivity contribution >= 4 is 40.0 Å². The Hall–Kier alpha value is -0.580. The van der Waals surface area contributed by atoms with Gasteiger partial charge in [-0.2, -0.15) is 0 Å². The Bertz CT molecular complexity index is 477. The molecule has 0 aromatic heterocycles. The predicted octanol–water partition coefficient (Wildman–Crippen LogP) is 4.22. The molecular formula is C14H18Cl2O3S. The molecule has 0 spiro atoms. The Morgan fingerprint density at radius 1 is 1.25 bits per heavy atom. The first-order valence-electron chi connectivity index (χ1n) is 6.53. The van der Waals surface area contributed by atoms with E-state index in [1.165, 1.54) is 0 Å². The summed E-state index contributed by atoms with van der Waals surface area (Å²) in [7, 11) is -1.16. The molecule has 1 atom stereocenters. The van der Waals surface area contributed by atoms with Crippen LogP contribution in [0.4, 0.5) is 0 Å². The van der Waals surface area contributed by atoms with E-state index in [9.17, 15) is 9.00 Å². The topological polar surface area (TPSA) is 43.4 Å².